The van der Waals surface area contributed by atoms with Gasteiger partial charge in [0.2, 0.25) is 0 Å². The quantitative estimate of drug-likeness (QED) is 0.0679. The Balaban J connectivity index is 1.43. The van der Waals surface area contributed by atoms with Crippen LogP contribution in [-0.2, 0) is 12.8 Å². The molecule has 4 aromatic rings. The summed E-state index contributed by atoms with van der Waals surface area (Å²) in [5.41, 5.74) is 4.22. The number of hydrogen-bond acceptors (Lipinski definition) is 6. The van der Waals surface area contributed by atoms with E-state index in [1.165, 1.54) is 150 Å². The monoisotopic (exact) mass is 694 g/mol. The standard InChI is InChI=1S/C41H58O3S3/c1-3-5-7-9-11-13-15-17-19-33-27-28-45-40(33)39-29-34(20-18-16-14-12-10-8-6-4-2)41(47-39)38-26-25-37(46-38)32-21-23-36(24-22-32)44-31-35(43)30-42/h21-29,35,42-43H,3-20,30-31H2,1-2H3. The van der Waals surface area contributed by atoms with Crippen LogP contribution >= 0.6 is 34.0 Å². The summed E-state index contributed by atoms with van der Waals surface area (Å²) in [5, 5.41) is 21.0. The summed E-state index contributed by atoms with van der Waals surface area (Å²) in [5.74, 6) is 0.701. The highest BCUT2D eigenvalue weighted by atomic mass is 32.1. The number of thiophene rings is 3. The van der Waals surface area contributed by atoms with Crippen LogP contribution < -0.4 is 4.74 Å². The Labute approximate surface area is 297 Å². The second-order valence-corrected chi connectivity index (χ2v) is 16.1. The molecule has 1 aromatic carbocycles. The number of aryl methyl sites for hydroxylation is 2. The number of benzene rings is 1. The maximum Gasteiger partial charge on any atom is 0.119 e. The average molecular weight is 695 g/mol. The van der Waals surface area contributed by atoms with Gasteiger partial charge in [-0.15, -0.1) is 34.0 Å². The van der Waals surface area contributed by atoms with Crippen LogP contribution in [0, 0.1) is 0 Å². The van der Waals surface area contributed by atoms with E-state index < -0.39 is 6.10 Å². The van der Waals surface area contributed by atoms with Gasteiger partial charge in [0.15, 0.2) is 0 Å². The maximum absolute atomic E-state index is 9.60. The van der Waals surface area contributed by atoms with Gasteiger partial charge in [0.1, 0.15) is 18.5 Å². The highest BCUT2D eigenvalue weighted by Crippen LogP contribution is 2.45. The van der Waals surface area contributed by atoms with Crippen LogP contribution in [0.15, 0.2) is 53.9 Å². The van der Waals surface area contributed by atoms with Gasteiger partial charge in [-0.3, -0.25) is 0 Å². The molecule has 0 saturated heterocycles. The largest absolute Gasteiger partial charge is 0.491 e. The smallest absolute Gasteiger partial charge is 0.119 e. The van der Waals surface area contributed by atoms with E-state index in [-0.39, 0.29) is 13.2 Å². The number of aliphatic hydroxyl groups is 2. The molecule has 1 atom stereocenters. The van der Waals surface area contributed by atoms with E-state index in [2.05, 4.69) is 55.6 Å². The summed E-state index contributed by atoms with van der Waals surface area (Å²) >= 11 is 5.79. The van der Waals surface area contributed by atoms with Gasteiger partial charge in [-0.05, 0) is 96.3 Å². The van der Waals surface area contributed by atoms with Gasteiger partial charge >= 0.3 is 0 Å². The zero-order valence-corrected chi connectivity index (χ0v) is 31.4. The molecule has 0 fully saturated rings. The van der Waals surface area contributed by atoms with E-state index in [0.717, 1.165) is 6.42 Å². The van der Waals surface area contributed by atoms with Crippen LogP contribution in [-0.4, -0.2) is 29.5 Å². The van der Waals surface area contributed by atoms with Gasteiger partial charge < -0.3 is 14.9 Å². The SMILES string of the molecule is CCCCCCCCCCc1ccsc1-c1cc(CCCCCCCCCC)c(-c2ccc(-c3ccc(OCC(O)CO)cc3)s2)s1. The third-order valence-electron chi connectivity index (χ3n) is 9.00. The first-order chi connectivity index (χ1) is 23.1. The van der Waals surface area contributed by atoms with Crippen molar-refractivity contribution in [1.29, 1.82) is 0 Å². The van der Waals surface area contributed by atoms with Crippen molar-refractivity contribution < 1.29 is 14.9 Å². The number of unbranched alkanes of at least 4 members (excludes halogenated alkanes) is 14. The molecule has 4 rings (SSSR count). The Kier molecular flexibility index (Phi) is 17.6. The van der Waals surface area contributed by atoms with Crippen LogP contribution in [0.3, 0.4) is 0 Å². The molecule has 3 nitrogen and oxygen atoms in total. The molecule has 0 radical (unpaired) electrons. The Morgan fingerprint density at radius 1 is 0.596 bits per heavy atom. The fourth-order valence-corrected chi connectivity index (χ4v) is 9.63. The molecular weight excluding hydrogens is 637 g/mol. The van der Waals surface area contributed by atoms with Crippen LogP contribution in [0.5, 0.6) is 5.75 Å². The Bertz CT molecular complexity index is 1380. The summed E-state index contributed by atoms with van der Waals surface area (Å²) in [7, 11) is 0. The van der Waals surface area contributed by atoms with E-state index in [9.17, 15) is 5.11 Å². The predicted octanol–water partition coefficient (Wildman–Crippen LogP) is 13.0. The second-order valence-electron chi connectivity index (χ2n) is 13.0. The first kappa shape index (κ1) is 37.9. The fourth-order valence-electron chi connectivity index (χ4n) is 6.16. The molecule has 0 aliphatic heterocycles. The molecule has 0 saturated carbocycles. The molecule has 3 aromatic heterocycles. The summed E-state index contributed by atoms with van der Waals surface area (Å²) in [6.07, 6.45) is 23.2. The Morgan fingerprint density at radius 3 is 1.79 bits per heavy atom. The lowest BCUT2D eigenvalue weighted by atomic mass is 10.0. The van der Waals surface area contributed by atoms with E-state index >= 15 is 0 Å². The molecule has 0 spiro atoms. The lowest BCUT2D eigenvalue weighted by Crippen LogP contribution is -2.21. The highest BCUT2D eigenvalue weighted by molar-refractivity contribution is 7.27. The number of ether oxygens (including phenoxy) is 1. The minimum Gasteiger partial charge on any atom is -0.491 e. The molecule has 6 heteroatoms. The topological polar surface area (TPSA) is 49.7 Å². The third-order valence-corrected chi connectivity index (χ3v) is 12.6. The zero-order chi connectivity index (χ0) is 33.1. The van der Waals surface area contributed by atoms with Gasteiger partial charge in [-0.25, -0.2) is 0 Å². The molecule has 258 valence electrons. The van der Waals surface area contributed by atoms with E-state index in [4.69, 9.17) is 9.84 Å². The van der Waals surface area contributed by atoms with Crippen molar-refractivity contribution in [3.8, 4) is 35.7 Å². The van der Waals surface area contributed by atoms with Gasteiger partial charge in [0.25, 0.3) is 0 Å². The van der Waals surface area contributed by atoms with E-state index in [1.807, 2.05) is 46.1 Å². The van der Waals surface area contributed by atoms with Crippen LogP contribution in [0.1, 0.15) is 128 Å². The lowest BCUT2D eigenvalue weighted by Gasteiger charge is -2.10. The third kappa shape index (κ3) is 12.8. The molecule has 0 aliphatic carbocycles. The summed E-state index contributed by atoms with van der Waals surface area (Å²) in [6.45, 7) is 4.37. The average Bonchev–Trinajstić information content (AvgIpc) is 3.86. The minimum absolute atomic E-state index is 0.0897. The number of aliphatic hydroxyl groups excluding tert-OH is 2. The summed E-state index contributed by atoms with van der Waals surface area (Å²) in [4.78, 5) is 6.99. The van der Waals surface area contributed by atoms with Gasteiger partial charge in [0.05, 0.1) is 6.61 Å². The maximum atomic E-state index is 9.60. The normalized spacial score (nSPS) is 12.2. The van der Waals surface area contributed by atoms with Crippen molar-refractivity contribution in [2.75, 3.05) is 13.2 Å². The summed E-state index contributed by atoms with van der Waals surface area (Å²) < 4.78 is 5.62. The van der Waals surface area contributed by atoms with Crippen molar-refractivity contribution in [3.05, 3.63) is 65.0 Å². The predicted molar refractivity (Wildman–Crippen MR) is 208 cm³/mol. The second kappa shape index (κ2) is 21.9. The number of hydrogen-bond donors (Lipinski definition) is 2. The first-order valence-corrected chi connectivity index (χ1v) is 21.0. The van der Waals surface area contributed by atoms with Gasteiger partial charge in [-0.2, -0.15) is 0 Å². The molecule has 3 heterocycles. The molecule has 0 amide bonds. The Morgan fingerprint density at radius 2 is 1.17 bits per heavy atom. The molecule has 1 unspecified atom stereocenters. The van der Waals surface area contributed by atoms with Crippen molar-refractivity contribution in [2.45, 2.75) is 136 Å². The van der Waals surface area contributed by atoms with Crippen LogP contribution in [0.25, 0.3) is 29.9 Å². The van der Waals surface area contributed by atoms with Gasteiger partial charge in [0, 0.05) is 24.4 Å². The van der Waals surface area contributed by atoms with Crippen molar-refractivity contribution in [3.63, 3.8) is 0 Å². The van der Waals surface area contributed by atoms with Crippen LogP contribution in [0.4, 0.5) is 0 Å². The molecule has 47 heavy (non-hydrogen) atoms. The van der Waals surface area contributed by atoms with Crippen molar-refractivity contribution in [1.82, 2.24) is 0 Å². The number of rotatable bonds is 25. The summed E-state index contributed by atoms with van der Waals surface area (Å²) in [6, 6.07) is 17.5. The molecule has 2 N–H and O–H groups in total. The fraction of sp³-hybridized carbons (Fsp3) is 0.561. The van der Waals surface area contributed by atoms with E-state index in [1.54, 1.807) is 0 Å². The Hall–Kier alpha value is -1.96. The van der Waals surface area contributed by atoms with Crippen LogP contribution in [0.2, 0.25) is 0 Å². The molecular formula is C41H58O3S3. The van der Waals surface area contributed by atoms with Gasteiger partial charge in [-0.1, -0.05) is 104 Å². The van der Waals surface area contributed by atoms with Crippen molar-refractivity contribution >= 4 is 34.0 Å². The van der Waals surface area contributed by atoms with E-state index in [0.29, 0.717) is 5.75 Å². The molecule has 0 bridgehead atoms. The first-order valence-electron chi connectivity index (χ1n) is 18.4. The highest BCUT2D eigenvalue weighted by Gasteiger charge is 2.18. The molecule has 0 aliphatic rings. The lowest BCUT2D eigenvalue weighted by molar-refractivity contribution is 0.0536. The zero-order valence-electron chi connectivity index (χ0n) is 28.9. The van der Waals surface area contributed by atoms with Crippen molar-refractivity contribution in [2.24, 2.45) is 0 Å². The minimum atomic E-state index is -0.861.